The van der Waals surface area contributed by atoms with E-state index in [0.29, 0.717) is 42.8 Å². The van der Waals surface area contributed by atoms with Crippen LogP contribution in [0.4, 0.5) is 0 Å². The van der Waals surface area contributed by atoms with E-state index in [9.17, 15) is 9.59 Å². The number of likely N-dealkylation sites (tertiary alicyclic amines) is 1. The summed E-state index contributed by atoms with van der Waals surface area (Å²) in [5, 5.41) is 5.99. The summed E-state index contributed by atoms with van der Waals surface area (Å²) >= 11 is 1.42. The second-order valence-electron chi connectivity index (χ2n) is 8.48. The van der Waals surface area contributed by atoms with Crippen molar-refractivity contribution >= 4 is 23.2 Å². The highest BCUT2D eigenvalue weighted by Gasteiger charge is 2.38. The van der Waals surface area contributed by atoms with Gasteiger partial charge in [-0.05, 0) is 48.6 Å². The van der Waals surface area contributed by atoms with Gasteiger partial charge in [0.15, 0.2) is 0 Å². The van der Waals surface area contributed by atoms with Crippen molar-refractivity contribution in [2.75, 3.05) is 39.8 Å². The highest BCUT2D eigenvalue weighted by molar-refractivity contribution is 7.12. The molecule has 4 heterocycles. The van der Waals surface area contributed by atoms with E-state index in [1.165, 1.54) is 11.3 Å². The van der Waals surface area contributed by atoms with Crippen LogP contribution in [0.2, 0.25) is 0 Å². The van der Waals surface area contributed by atoms with Crippen LogP contribution in [0.25, 0.3) is 11.4 Å². The number of benzene rings is 1. The van der Waals surface area contributed by atoms with Gasteiger partial charge in [-0.3, -0.25) is 14.5 Å². The molecular weight excluding hydrogens is 454 g/mol. The Morgan fingerprint density at radius 3 is 2.62 bits per heavy atom. The van der Waals surface area contributed by atoms with Gasteiger partial charge >= 0.3 is 0 Å². The lowest BCUT2D eigenvalue weighted by Gasteiger charge is -2.36. The molecule has 1 aromatic carbocycles. The lowest BCUT2D eigenvalue weighted by atomic mass is 10.1. The highest BCUT2D eigenvalue weighted by Crippen LogP contribution is 2.25. The maximum absolute atomic E-state index is 13.2. The molecule has 0 saturated carbocycles. The van der Waals surface area contributed by atoms with E-state index in [0.717, 1.165) is 37.2 Å². The molecule has 0 N–H and O–H groups in total. The van der Waals surface area contributed by atoms with Crippen molar-refractivity contribution in [3.05, 3.63) is 52.5 Å². The maximum Gasteiger partial charge on any atom is 0.264 e. The fourth-order valence-corrected chi connectivity index (χ4v) is 5.19. The Labute approximate surface area is 201 Å². The summed E-state index contributed by atoms with van der Waals surface area (Å²) in [7, 11) is 1.63. The molecular formula is C24H27N5O4S. The lowest BCUT2D eigenvalue weighted by Crippen LogP contribution is -2.54. The van der Waals surface area contributed by atoms with Gasteiger partial charge in [0.05, 0.1) is 18.5 Å². The zero-order valence-corrected chi connectivity index (χ0v) is 19.9. The summed E-state index contributed by atoms with van der Waals surface area (Å²) in [5.41, 5.74) is 0.865. The average molecular weight is 482 g/mol. The number of hydrogen-bond acceptors (Lipinski definition) is 8. The molecule has 1 atom stereocenters. The summed E-state index contributed by atoms with van der Waals surface area (Å²) < 4.78 is 10.6. The molecule has 5 rings (SSSR count). The number of amides is 2. The summed E-state index contributed by atoms with van der Waals surface area (Å²) in [4.78, 5) is 37.1. The second kappa shape index (κ2) is 9.94. The van der Waals surface area contributed by atoms with Crippen molar-refractivity contribution in [3.63, 3.8) is 0 Å². The van der Waals surface area contributed by atoms with Crippen molar-refractivity contribution in [1.29, 1.82) is 0 Å². The van der Waals surface area contributed by atoms with Gasteiger partial charge in [0.2, 0.25) is 17.6 Å². The third kappa shape index (κ3) is 4.69. The highest BCUT2D eigenvalue weighted by atomic mass is 32.1. The van der Waals surface area contributed by atoms with E-state index in [4.69, 9.17) is 9.26 Å². The molecule has 0 aliphatic carbocycles. The third-order valence-electron chi connectivity index (χ3n) is 6.39. The number of carbonyl (C=O) groups excluding carboxylic acids is 2. The van der Waals surface area contributed by atoms with Gasteiger partial charge in [-0.15, -0.1) is 11.3 Å². The molecule has 0 unspecified atom stereocenters. The number of hydrogen-bond donors (Lipinski definition) is 0. The summed E-state index contributed by atoms with van der Waals surface area (Å²) in [5.74, 6) is 1.89. The Morgan fingerprint density at radius 1 is 1.12 bits per heavy atom. The molecule has 2 fully saturated rings. The van der Waals surface area contributed by atoms with E-state index in [1.54, 1.807) is 12.0 Å². The molecule has 2 amide bonds. The van der Waals surface area contributed by atoms with Gasteiger partial charge in [-0.25, -0.2) is 0 Å². The van der Waals surface area contributed by atoms with Crippen molar-refractivity contribution < 1.29 is 18.8 Å². The van der Waals surface area contributed by atoms with Crippen LogP contribution in [0, 0.1) is 0 Å². The Bertz CT molecular complexity index is 1120. The molecule has 0 bridgehead atoms. The van der Waals surface area contributed by atoms with E-state index < -0.39 is 0 Å². The predicted molar refractivity (Wildman–Crippen MR) is 127 cm³/mol. The second-order valence-corrected chi connectivity index (χ2v) is 9.42. The van der Waals surface area contributed by atoms with Gasteiger partial charge in [0.25, 0.3) is 5.91 Å². The first-order valence-electron chi connectivity index (χ1n) is 11.4. The molecule has 178 valence electrons. The standard InChI is InChI=1S/C24H27N5O4S/c1-32-18-8-6-17(7-9-18)22-25-21(33-26-22)16-27-11-13-28(14-12-27)23(30)19-4-2-10-29(19)24(31)20-5-3-15-34-20/h3,5-9,15,19H,2,4,10-14,16H2,1H3/t19-/m0/s1. The van der Waals surface area contributed by atoms with E-state index in [1.807, 2.05) is 46.7 Å². The number of aromatic nitrogens is 2. The van der Waals surface area contributed by atoms with Crippen molar-refractivity contribution in [3.8, 4) is 17.1 Å². The first-order chi connectivity index (χ1) is 16.6. The van der Waals surface area contributed by atoms with E-state index >= 15 is 0 Å². The maximum atomic E-state index is 13.2. The van der Waals surface area contributed by atoms with Gasteiger partial charge in [0, 0.05) is 38.3 Å². The largest absolute Gasteiger partial charge is 0.497 e. The summed E-state index contributed by atoms with van der Waals surface area (Å²) in [6, 6.07) is 10.9. The number of piperazine rings is 1. The number of rotatable bonds is 6. The molecule has 0 radical (unpaired) electrons. The molecule has 34 heavy (non-hydrogen) atoms. The van der Waals surface area contributed by atoms with Crippen LogP contribution in [0.3, 0.4) is 0 Å². The van der Waals surface area contributed by atoms with Crippen molar-refractivity contribution in [2.45, 2.75) is 25.4 Å². The molecule has 9 nitrogen and oxygen atoms in total. The van der Waals surface area contributed by atoms with E-state index in [-0.39, 0.29) is 17.9 Å². The molecule has 0 spiro atoms. The molecule has 10 heteroatoms. The monoisotopic (exact) mass is 481 g/mol. The first kappa shape index (κ1) is 22.5. The zero-order valence-electron chi connectivity index (χ0n) is 19.1. The molecule has 2 aromatic heterocycles. The van der Waals surface area contributed by atoms with Crippen LogP contribution >= 0.6 is 11.3 Å². The Hall–Kier alpha value is -3.24. The smallest absolute Gasteiger partial charge is 0.264 e. The Kier molecular flexibility index (Phi) is 6.59. The quantitative estimate of drug-likeness (QED) is 0.535. The van der Waals surface area contributed by atoms with Gasteiger partial charge in [-0.1, -0.05) is 11.2 Å². The topological polar surface area (TPSA) is 92.0 Å². The molecule has 2 aliphatic heterocycles. The minimum Gasteiger partial charge on any atom is -0.497 e. The van der Waals surface area contributed by atoms with Crippen molar-refractivity contribution in [1.82, 2.24) is 24.8 Å². The summed E-state index contributed by atoms with van der Waals surface area (Å²) in [6.07, 6.45) is 1.59. The minimum atomic E-state index is -0.357. The number of carbonyl (C=O) groups is 2. The lowest BCUT2D eigenvalue weighted by molar-refractivity contribution is -0.137. The van der Waals surface area contributed by atoms with Crippen molar-refractivity contribution in [2.24, 2.45) is 0 Å². The van der Waals surface area contributed by atoms with E-state index in [2.05, 4.69) is 15.0 Å². The van der Waals surface area contributed by atoms with Crippen LogP contribution in [0.5, 0.6) is 5.75 Å². The summed E-state index contributed by atoms with van der Waals surface area (Å²) in [6.45, 7) is 3.86. The van der Waals surface area contributed by atoms with Crippen LogP contribution < -0.4 is 4.74 Å². The van der Waals surface area contributed by atoms with Gasteiger partial charge in [0.1, 0.15) is 11.8 Å². The molecule has 3 aromatic rings. The van der Waals surface area contributed by atoms with Gasteiger partial charge < -0.3 is 19.1 Å². The van der Waals surface area contributed by atoms with Gasteiger partial charge in [-0.2, -0.15) is 4.98 Å². The fraction of sp³-hybridized carbons (Fsp3) is 0.417. The van der Waals surface area contributed by atoms with Crippen LogP contribution in [-0.4, -0.2) is 82.5 Å². The number of thiophene rings is 1. The van der Waals surface area contributed by atoms with Crippen LogP contribution in [0.1, 0.15) is 28.4 Å². The average Bonchev–Trinajstić information content (AvgIpc) is 3.66. The van der Waals surface area contributed by atoms with Crippen LogP contribution in [-0.2, 0) is 11.3 Å². The SMILES string of the molecule is COc1ccc(-c2noc(CN3CCN(C(=O)[C@@H]4CCCN4C(=O)c4cccs4)CC3)n2)cc1. The minimum absolute atomic E-state index is 0.0338. The third-order valence-corrected chi connectivity index (χ3v) is 7.25. The van der Waals surface area contributed by atoms with Crippen LogP contribution in [0.15, 0.2) is 46.3 Å². The normalized spacial score (nSPS) is 18.9. The number of methoxy groups -OCH3 is 1. The molecule has 2 aliphatic rings. The molecule has 2 saturated heterocycles. The fourth-order valence-electron chi connectivity index (χ4n) is 4.51. The number of ether oxygens (including phenoxy) is 1. The number of nitrogens with zero attached hydrogens (tertiary/aromatic N) is 5. The first-order valence-corrected chi connectivity index (χ1v) is 12.3. The zero-order chi connectivity index (χ0) is 23.5. The Balaban J connectivity index is 1.15. The Morgan fingerprint density at radius 2 is 1.91 bits per heavy atom. The predicted octanol–water partition coefficient (Wildman–Crippen LogP) is 2.76.